The molecule has 2 rings (SSSR count). The van der Waals surface area contributed by atoms with Gasteiger partial charge in [0.2, 0.25) is 5.88 Å². The summed E-state index contributed by atoms with van der Waals surface area (Å²) in [5, 5.41) is 6.46. The van der Waals surface area contributed by atoms with Gasteiger partial charge in [-0.2, -0.15) is 0 Å². The second-order valence-electron chi connectivity index (χ2n) is 3.64. The number of rotatable bonds is 5. The van der Waals surface area contributed by atoms with E-state index in [1.54, 1.807) is 18.4 Å². The molecule has 0 aliphatic carbocycles. The summed E-state index contributed by atoms with van der Waals surface area (Å²) >= 11 is 1.66. The first kappa shape index (κ1) is 12.0. The standard InChI is InChI=1S/C12H15N3OS/c1-9(12-13-6-7-17-12)14-8-10-4-3-5-11(15-10)16-2/h3-7,9,14H,8H2,1-2H3. The summed E-state index contributed by atoms with van der Waals surface area (Å²) in [5.74, 6) is 0.645. The number of ether oxygens (including phenoxy) is 1. The van der Waals surface area contributed by atoms with E-state index < -0.39 is 0 Å². The number of pyridine rings is 1. The van der Waals surface area contributed by atoms with Crippen molar-refractivity contribution in [1.29, 1.82) is 0 Å². The zero-order valence-corrected chi connectivity index (χ0v) is 10.7. The zero-order chi connectivity index (χ0) is 12.1. The Morgan fingerprint density at radius 2 is 2.35 bits per heavy atom. The van der Waals surface area contributed by atoms with Crippen molar-refractivity contribution >= 4 is 11.3 Å². The third kappa shape index (κ3) is 3.25. The van der Waals surface area contributed by atoms with E-state index in [9.17, 15) is 0 Å². The van der Waals surface area contributed by atoms with Gasteiger partial charge in [-0.25, -0.2) is 9.97 Å². The second-order valence-corrected chi connectivity index (χ2v) is 4.57. The maximum atomic E-state index is 5.08. The van der Waals surface area contributed by atoms with Crippen LogP contribution in [0.2, 0.25) is 0 Å². The van der Waals surface area contributed by atoms with Crippen molar-refractivity contribution in [2.75, 3.05) is 7.11 Å². The molecule has 0 bridgehead atoms. The molecule has 0 amide bonds. The summed E-state index contributed by atoms with van der Waals surface area (Å²) in [6, 6.07) is 6.00. The Labute approximate surface area is 105 Å². The Kier molecular flexibility index (Phi) is 4.06. The maximum Gasteiger partial charge on any atom is 0.213 e. The van der Waals surface area contributed by atoms with Gasteiger partial charge in [-0.05, 0) is 13.0 Å². The van der Waals surface area contributed by atoms with Crippen LogP contribution in [0.1, 0.15) is 23.7 Å². The number of thiazole rings is 1. The topological polar surface area (TPSA) is 47.0 Å². The highest BCUT2D eigenvalue weighted by Crippen LogP contribution is 2.15. The maximum absolute atomic E-state index is 5.08. The minimum absolute atomic E-state index is 0.239. The monoisotopic (exact) mass is 249 g/mol. The highest BCUT2D eigenvalue weighted by atomic mass is 32.1. The van der Waals surface area contributed by atoms with Gasteiger partial charge in [0.1, 0.15) is 5.01 Å². The average Bonchev–Trinajstić information content (AvgIpc) is 2.90. The van der Waals surface area contributed by atoms with Gasteiger partial charge in [0.05, 0.1) is 18.8 Å². The predicted octanol–water partition coefficient (Wildman–Crippen LogP) is 2.40. The van der Waals surface area contributed by atoms with Gasteiger partial charge in [-0.15, -0.1) is 11.3 Å². The van der Waals surface area contributed by atoms with Crippen molar-refractivity contribution in [3.8, 4) is 5.88 Å². The van der Waals surface area contributed by atoms with Gasteiger partial charge in [0.25, 0.3) is 0 Å². The summed E-state index contributed by atoms with van der Waals surface area (Å²) in [6.45, 7) is 2.80. The molecular formula is C12H15N3OS. The second kappa shape index (κ2) is 5.75. The molecule has 1 atom stereocenters. The molecule has 2 heterocycles. The minimum Gasteiger partial charge on any atom is -0.481 e. The van der Waals surface area contributed by atoms with Gasteiger partial charge >= 0.3 is 0 Å². The van der Waals surface area contributed by atoms with E-state index >= 15 is 0 Å². The van der Waals surface area contributed by atoms with E-state index in [0.717, 1.165) is 10.7 Å². The molecule has 0 aliphatic rings. The fraction of sp³-hybridized carbons (Fsp3) is 0.333. The van der Waals surface area contributed by atoms with E-state index in [0.29, 0.717) is 12.4 Å². The fourth-order valence-corrected chi connectivity index (χ4v) is 2.13. The first-order valence-corrected chi connectivity index (χ1v) is 6.30. The molecule has 17 heavy (non-hydrogen) atoms. The van der Waals surface area contributed by atoms with Crippen LogP contribution >= 0.6 is 11.3 Å². The predicted molar refractivity (Wildman–Crippen MR) is 68.2 cm³/mol. The van der Waals surface area contributed by atoms with Gasteiger partial charge in [-0.1, -0.05) is 6.07 Å². The summed E-state index contributed by atoms with van der Waals surface area (Å²) in [7, 11) is 1.62. The highest BCUT2D eigenvalue weighted by Gasteiger charge is 2.07. The molecule has 5 heteroatoms. The lowest BCUT2D eigenvalue weighted by atomic mass is 10.3. The van der Waals surface area contributed by atoms with Crippen LogP contribution in [0.5, 0.6) is 5.88 Å². The van der Waals surface area contributed by atoms with Crippen molar-refractivity contribution in [2.45, 2.75) is 19.5 Å². The molecule has 4 nitrogen and oxygen atoms in total. The van der Waals surface area contributed by atoms with Crippen molar-refractivity contribution in [3.63, 3.8) is 0 Å². The lowest BCUT2D eigenvalue weighted by molar-refractivity contribution is 0.395. The Morgan fingerprint density at radius 1 is 1.47 bits per heavy atom. The molecule has 1 N–H and O–H groups in total. The molecular weight excluding hydrogens is 234 g/mol. The molecule has 0 radical (unpaired) electrons. The number of nitrogens with zero attached hydrogens (tertiary/aromatic N) is 2. The molecule has 1 unspecified atom stereocenters. The number of hydrogen-bond donors (Lipinski definition) is 1. The summed E-state index contributed by atoms with van der Waals surface area (Å²) in [4.78, 5) is 8.62. The van der Waals surface area contributed by atoms with Crippen LogP contribution < -0.4 is 10.1 Å². The van der Waals surface area contributed by atoms with Crippen LogP contribution in [0.3, 0.4) is 0 Å². The van der Waals surface area contributed by atoms with E-state index in [2.05, 4.69) is 22.2 Å². The summed E-state index contributed by atoms with van der Waals surface area (Å²) in [5.41, 5.74) is 0.966. The highest BCUT2D eigenvalue weighted by molar-refractivity contribution is 7.09. The fourth-order valence-electron chi connectivity index (χ4n) is 1.46. The zero-order valence-electron chi connectivity index (χ0n) is 9.88. The van der Waals surface area contributed by atoms with Crippen LogP contribution in [-0.2, 0) is 6.54 Å². The van der Waals surface area contributed by atoms with Crippen molar-refractivity contribution in [3.05, 3.63) is 40.5 Å². The lowest BCUT2D eigenvalue weighted by Crippen LogP contribution is -2.18. The van der Waals surface area contributed by atoms with Crippen LogP contribution in [0, 0.1) is 0 Å². The normalized spacial score (nSPS) is 12.4. The number of hydrogen-bond acceptors (Lipinski definition) is 5. The molecule has 0 aromatic carbocycles. The molecule has 0 saturated carbocycles. The van der Waals surface area contributed by atoms with E-state index in [4.69, 9.17) is 4.74 Å². The first-order chi connectivity index (χ1) is 8.29. The molecule has 90 valence electrons. The molecule has 2 aromatic rings. The number of nitrogens with one attached hydrogen (secondary N) is 1. The van der Waals surface area contributed by atoms with Gasteiger partial charge in [0, 0.05) is 24.2 Å². The van der Waals surface area contributed by atoms with Crippen molar-refractivity contribution in [1.82, 2.24) is 15.3 Å². The molecule has 0 aliphatic heterocycles. The molecule has 0 fully saturated rings. The number of aromatic nitrogens is 2. The average molecular weight is 249 g/mol. The Morgan fingerprint density at radius 3 is 3.06 bits per heavy atom. The SMILES string of the molecule is COc1cccc(CNC(C)c2nccs2)n1. The third-order valence-electron chi connectivity index (χ3n) is 2.40. The van der Waals surface area contributed by atoms with Crippen molar-refractivity contribution < 1.29 is 4.74 Å². The van der Waals surface area contributed by atoms with E-state index in [-0.39, 0.29) is 6.04 Å². The van der Waals surface area contributed by atoms with Crippen LogP contribution in [-0.4, -0.2) is 17.1 Å². The van der Waals surface area contributed by atoms with Crippen LogP contribution in [0.4, 0.5) is 0 Å². The van der Waals surface area contributed by atoms with Gasteiger partial charge in [0.15, 0.2) is 0 Å². The summed E-state index contributed by atoms with van der Waals surface area (Å²) in [6.07, 6.45) is 1.82. The Hall–Kier alpha value is -1.46. The third-order valence-corrected chi connectivity index (χ3v) is 3.36. The minimum atomic E-state index is 0.239. The summed E-state index contributed by atoms with van der Waals surface area (Å²) < 4.78 is 5.08. The Bertz CT molecular complexity index is 459. The smallest absolute Gasteiger partial charge is 0.213 e. The first-order valence-electron chi connectivity index (χ1n) is 5.42. The van der Waals surface area contributed by atoms with E-state index in [1.165, 1.54) is 0 Å². The Balaban J connectivity index is 1.93. The van der Waals surface area contributed by atoms with Gasteiger partial charge in [-0.3, -0.25) is 0 Å². The van der Waals surface area contributed by atoms with Gasteiger partial charge < -0.3 is 10.1 Å². The molecule has 0 saturated heterocycles. The van der Waals surface area contributed by atoms with Crippen molar-refractivity contribution in [2.24, 2.45) is 0 Å². The quantitative estimate of drug-likeness (QED) is 0.884. The number of methoxy groups -OCH3 is 1. The molecule has 0 spiro atoms. The largest absolute Gasteiger partial charge is 0.481 e. The molecule has 2 aromatic heterocycles. The van der Waals surface area contributed by atoms with Crippen LogP contribution in [0.15, 0.2) is 29.8 Å². The lowest BCUT2D eigenvalue weighted by Gasteiger charge is -2.10. The van der Waals surface area contributed by atoms with E-state index in [1.807, 2.05) is 29.8 Å². The van der Waals surface area contributed by atoms with Crippen LogP contribution in [0.25, 0.3) is 0 Å².